The number of nitrogens with zero attached hydrogens (tertiary/aromatic N) is 3. The molecule has 0 bridgehead atoms. The minimum Gasteiger partial charge on any atom is -0.368 e. The summed E-state index contributed by atoms with van der Waals surface area (Å²) in [5, 5.41) is 5.02. The van der Waals surface area contributed by atoms with E-state index in [4.69, 9.17) is 17.3 Å². The number of hydrogen-bond acceptors (Lipinski definition) is 5. The third-order valence-corrected chi connectivity index (χ3v) is 2.87. The number of hydrogen-bond donors (Lipinski definition) is 1. The molecule has 88 valence electrons. The number of nitrogens with two attached hydrogens (primary N) is 1. The quantitative estimate of drug-likeness (QED) is 0.843. The Morgan fingerprint density at radius 2 is 2.06 bits per heavy atom. The lowest BCUT2D eigenvalue weighted by molar-refractivity contribution is 0.0946. The average Bonchev–Trinajstić information content (AvgIpc) is 2.71. The highest BCUT2D eigenvalue weighted by Gasteiger charge is 2.15. The van der Waals surface area contributed by atoms with Crippen LogP contribution in [0.1, 0.15) is 10.4 Å². The van der Waals surface area contributed by atoms with Crippen LogP contribution in [0.2, 0.25) is 5.02 Å². The first-order valence-electron chi connectivity index (χ1n) is 4.68. The molecule has 17 heavy (non-hydrogen) atoms. The van der Waals surface area contributed by atoms with Crippen molar-refractivity contribution in [2.24, 2.45) is 0 Å². The Balaban J connectivity index is 2.36. The highest BCUT2D eigenvalue weighted by molar-refractivity contribution is 7.98. The van der Waals surface area contributed by atoms with Gasteiger partial charge in [-0.2, -0.15) is 9.67 Å². The van der Waals surface area contributed by atoms with Crippen molar-refractivity contribution >= 4 is 35.2 Å². The third kappa shape index (κ3) is 2.42. The van der Waals surface area contributed by atoms with E-state index in [-0.39, 0.29) is 11.9 Å². The van der Waals surface area contributed by atoms with Gasteiger partial charge in [-0.15, -0.1) is 5.10 Å². The van der Waals surface area contributed by atoms with Gasteiger partial charge in [-0.1, -0.05) is 23.4 Å². The zero-order valence-electron chi connectivity index (χ0n) is 8.92. The SMILES string of the molecule is CSc1nc(N)n(C(=O)c2ccc(Cl)cc2)n1. The van der Waals surface area contributed by atoms with Crippen LogP contribution in [0.5, 0.6) is 0 Å². The maximum atomic E-state index is 12.0. The summed E-state index contributed by atoms with van der Waals surface area (Å²) in [5.41, 5.74) is 6.07. The standard InChI is InChI=1S/C10H9ClN4OS/c1-17-10-13-9(12)15(14-10)8(16)6-2-4-7(11)5-3-6/h2-5H,1H3,(H2,12,13,14). The van der Waals surface area contributed by atoms with Crippen molar-refractivity contribution < 1.29 is 4.79 Å². The molecule has 2 rings (SSSR count). The highest BCUT2D eigenvalue weighted by atomic mass is 35.5. The first kappa shape index (κ1) is 11.9. The molecule has 0 fully saturated rings. The molecule has 1 heterocycles. The smallest absolute Gasteiger partial charge is 0.281 e. The highest BCUT2D eigenvalue weighted by Crippen LogP contribution is 2.14. The van der Waals surface area contributed by atoms with Gasteiger partial charge in [-0.3, -0.25) is 4.79 Å². The fraction of sp³-hybridized carbons (Fsp3) is 0.100. The summed E-state index contributed by atoms with van der Waals surface area (Å²) in [6, 6.07) is 6.50. The molecular weight excluding hydrogens is 260 g/mol. The van der Waals surface area contributed by atoms with Gasteiger partial charge >= 0.3 is 0 Å². The summed E-state index contributed by atoms with van der Waals surface area (Å²) in [6.07, 6.45) is 1.81. The minimum absolute atomic E-state index is 0.0781. The number of carbonyl (C=O) groups excluding carboxylic acids is 1. The van der Waals surface area contributed by atoms with Crippen LogP contribution in [-0.4, -0.2) is 26.9 Å². The molecule has 5 nitrogen and oxygen atoms in total. The molecule has 1 aromatic carbocycles. The fourth-order valence-corrected chi connectivity index (χ4v) is 1.73. The fourth-order valence-electron chi connectivity index (χ4n) is 1.26. The van der Waals surface area contributed by atoms with Crippen LogP contribution < -0.4 is 5.73 Å². The molecule has 1 aromatic heterocycles. The van der Waals surface area contributed by atoms with Crippen molar-refractivity contribution in [1.82, 2.24) is 14.8 Å². The number of halogens is 1. The van der Waals surface area contributed by atoms with Crippen molar-refractivity contribution in [3.8, 4) is 0 Å². The van der Waals surface area contributed by atoms with E-state index in [0.29, 0.717) is 15.7 Å². The van der Waals surface area contributed by atoms with E-state index < -0.39 is 0 Å². The summed E-state index contributed by atoms with van der Waals surface area (Å²) in [5.74, 6) is -0.249. The monoisotopic (exact) mass is 268 g/mol. The van der Waals surface area contributed by atoms with Gasteiger partial charge in [0.05, 0.1) is 0 Å². The van der Waals surface area contributed by atoms with Gasteiger partial charge in [0.15, 0.2) is 0 Å². The van der Waals surface area contributed by atoms with Crippen molar-refractivity contribution in [2.45, 2.75) is 5.16 Å². The van der Waals surface area contributed by atoms with Gasteiger partial charge < -0.3 is 5.73 Å². The molecule has 0 aliphatic heterocycles. The van der Waals surface area contributed by atoms with Crippen LogP contribution in [-0.2, 0) is 0 Å². The molecule has 0 aliphatic carbocycles. The average molecular weight is 269 g/mol. The second kappa shape index (κ2) is 4.77. The third-order valence-electron chi connectivity index (χ3n) is 2.08. The van der Waals surface area contributed by atoms with Gasteiger partial charge in [0, 0.05) is 10.6 Å². The van der Waals surface area contributed by atoms with Crippen molar-refractivity contribution in [2.75, 3.05) is 12.0 Å². The molecule has 0 aliphatic rings. The van der Waals surface area contributed by atoms with Crippen molar-refractivity contribution in [3.63, 3.8) is 0 Å². The zero-order valence-corrected chi connectivity index (χ0v) is 10.5. The second-order valence-corrected chi connectivity index (χ2v) is 4.39. The van der Waals surface area contributed by atoms with Gasteiger partial charge in [-0.05, 0) is 30.5 Å². The van der Waals surface area contributed by atoms with E-state index in [1.807, 2.05) is 6.26 Å². The van der Waals surface area contributed by atoms with Gasteiger partial charge in [0.25, 0.3) is 5.91 Å². The molecule has 2 N–H and O–H groups in total. The van der Waals surface area contributed by atoms with E-state index in [9.17, 15) is 4.79 Å². The lowest BCUT2D eigenvalue weighted by Gasteiger charge is -2.01. The van der Waals surface area contributed by atoms with E-state index >= 15 is 0 Å². The summed E-state index contributed by atoms with van der Waals surface area (Å²) >= 11 is 7.07. The van der Waals surface area contributed by atoms with E-state index in [1.54, 1.807) is 24.3 Å². The molecule has 0 amide bonds. The summed E-state index contributed by atoms with van der Waals surface area (Å²) in [4.78, 5) is 16.0. The molecular formula is C10H9ClN4OS. The van der Waals surface area contributed by atoms with E-state index in [0.717, 1.165) is 4.68 Å². The number of thioether (sulfide) groups is 1. The predicted molar refractivity (Wildman–Crippen MR) is 67.4 cm³/mol. The van der Waals surface area contributed by atoms with Gasteiger partial charge in [-0.25, -0.2) is 0 Å². The molecule has 0 unspecified atom stereocenters. The second-order valence-electron chi connectivity index (χ2n) is 3.18. The number of aromatic nitrogens is 3. The Morgan fingerprint density at radius 1 is 1.41 bits per heavy atom. The van der Waals surface area contributed by atoms with E-state index in [1.165, 1.54) is 11.8 Å². The lowest BCUT2D eigenvalue weighted by Crippen LogP contribution is -2.16. The first-order valence-corrected chi connectivity index (χ1v) is 6.29. The van der Waals surface area contributed by atoms with Crippen molar-refractivity contribution in [3.05, 3.63) is 34.9 Å². The van der Waals surface area contributed by atoms with Crippen LogP contribution in [0.4, 0.5) is 5.95 Å². The number of rotatable bonds is 2. The Kier molecular flexibility index (Phi) is 3.35. The number of nitrogen functional groups attached to an aromatic ring is 1. The summed E-state index contributed by atoms with van der Waals surface area (Å²) in [6.45, 7) is 0. The van der Waals surface area contributed by atoms with Gasteiger partial charge in [0.1, 0.15) is 0 Å². The van der Waals surface area contributed by atoms with Crippen LogP contribution in [0.3, 0.4) is 0 Å². The Hall–Kier alpha value is -1.53. The molecule has 0 spiro atoms. The summed E-state index contributed by atoms with van der Waals surface area (Å²) < 4.78 is 1.08. The number of benzene rings is 1. The minimum atomic E-state index is -0.327. The van der Waals surface area contributed by atoms with Crippen molar-refractivity contribution in [1.29, 1.82) is 0 Å². The van der Waals surface area contributed by atoms with Crippen LogP contribution in [0.25, 0.3) is 0 Å². The molecule has 0 saturated carbocycles. The molecule has 0 saturated heterocycles. The maximum absolute atomic E-state index is 12.0. The summed E-state index contributed by atoms with van der Waals surface area (Å²) in [7, 11) is 0. The predicted octanol–water partition coefficient (Wildman–Crippen LogP) is 1.92. The molecule has 2 aromatic rings. The van der Waals surface area contributed by atoms with Crippen LogP contribution in [0.15, 0.2) is 29.4 Å². The maximum Gasteiger partial charge on any atom is 0.281 e. The Morgan fingerprint density at radius 3 is 2.59 bits per heavy atom. The first-order chi connectivity index (χ1) is 8.11. The van der Waals surface area contributed by atoms with Crippen LogP contribution >= 0.6 is 23.4 Å². The molecule has 7 heteroatoms. The Labute approximate surface area is 107 Å². The Bertz CT molecular complexity index is 552. The van der Waals surface area contributed by atoms with Crippen LogP contribution in [0, 0.1) is 0 Å². The van der Waals surface area contributed by atoms with E-state index in [2.05, 4.69) is 10.1 Å². The topological polar surface area (TPSA) is 73.8 Å². The lowest BCUT2D eigenvalue weighted by atomic mass is 10.2. The largest absolute Gasteiger partial charge is 0.368 e. The normalized spacial score (nSPS) is 10.5. The van der Waals surface area contributed by atoms with Gasteiger partial charge in [0.2, 0.25) is 11.1 Å². The molecule has 0 radical (unpaired) electrons. The molecule has 0 atom stereocenters. The zero-order chi connectivity index (χ0) is 12.4. The number of anilines is 1. The number of carbonyl (C=O) groups is 1.